The Morgan fingerprint density at radius 1 is 1.42 bits per heavy atom. The van der Waals surface area contributed by atoms with E-state index >= 15 is 0 Å². The number of rotatable bonds is 6. The van der Waals surface area contributed by atoms with Crippen LogP contribution in [-0.4, -0.2) is 36.9 Å². The summed E-state index contributed by atoms with van der Waals surface area (Å²) < 4.78 is 26.6. The zero-order chi connectivity index (χ0) is 14.6. The summed E-state index contributed by atoms with van der Waals surface area (Å²) in [6, 6.07) is 4.67. The standard InChI is InChI=1S/C11H11Br2NO4S/c1-2-5-14(7-11(15)16)19(17,18)10-6-8(12)3-4-9(10)13/h2-4,6H,1,5,7H2,(H,15,16). The predicted octanol–water partition coefficient (Wildman–Crippen LogP) is 2.47. The van der Waals surface area contributed by atoms with Gasteiger partial charge in [0.1, 0.15) is 6.54 Å². The van der Waals surface area contributed by atoms with Crippen LogP contribution in [0.25, 0.3) is 0 Å². The average Bonchev–Trinajstić information content (AvgIpc) is 2.31. The monoisotopic (exact) mass is 411 g/mol. The molecule has 0 aliphatic heterocycles. The lowest BCUT2D eigenvalue weighted by molar-refractivity contribution is -0.137. The molecule has 19 heavy (non-hydrogen) atoms. The average molecular weight is 413 g/mol. The van der Waals surface area contributed by atoms with Crippen molar-refractivity contribution in [2.45, 2.75) is 4.90 Å². The van der Waals surface area contributed by atoms with Crippen molar-refractivity contribution >= 4 is 47.9 Å². The van der Waals surface area contributed by atoms with E-state index in [4.69, 9.17) is 5.11 Å². The fourth-order valence-corrected chi connectivity index (χ4v) is 4.18. The summed E-state index contributed by atoms with van der Waals surface area (Å²) in [7, 11) is -3.91. The van der Waals surface area contributed by atoms with Crippen molar-refractivity contribution in [2.24, 2.45) is 0 Å². The second-order valence-corrected chi connectivity index (χ2v) is 7.23. The van der Waals surface area contributed by atoms with Crippen LogP contribution in [0.3, 0.4) is 0 Å². The number of nitrogens with zero attached hydrogens (tertiary/aromatic N) is 1. The number of sulfonamides is 1. The van der Waals surface area contributed by atoms with Crippen LogP contribution in [0.15, 0.2) is 44.7 Å². The highest BCUT2D eigenvalue weighted by Gasteiger charge is 2.27. The summed E-state index contributed by atoms with van der Waals surface area (Å²) >= 11 is 6.34. The Bertz CT molecular complexity index is 601. The molecular formula is C11H11Br2NO4S. The lowest BCUT2D eigenvalue weighted by Gasteiger charge is -2.19. The number of carbonyl (C=O) groups is 1. The maximum atomic E-state index is 12.4. The van der Waals surface area contributed by atoms with E-state index in [1.165, 1.54) is 12.1 Å². The van der Waals surface area contributed by atoms with Crippen molar-refractivity contribution in [2.75, 3.05) is 13.1 Å². The normalized spacial score (nSPS) is 11.5. The smallest absolute Gasteiger partial charge is 0.318 e. The minimum atomic E-state index is -3.91. The minimum Gasteiger partial charge on any atom is -0.480 e. The molecule has 0 spiro atoms. The van der Waals surface area contributed by atoms with Crippen LogP contribution in [0, 0.1) is 0 Å². The van der Waals surface area contributed by atoms with E-state index in [1.54, 1.807) is 12.1 Å². The van der Waals surface area contributed by atoms with Crippen LogP contribution in [0.5, 0.6) is 0 Å². The van der Waals surface area contributed by atoms with Gasteiger partial charge in [-0.3, -0.25) is 4.79 Å². The first-order valence-corrected chi connectivity index (χ1v) is 8.09. The first-order chi connectivity index (χ1) is 8.78. The summed E-state index contributed by atoms with van der Waals surface area (Å²) in [5.74, 6) is -1.23. The number of benzene rings is 1. The fraction of sp³-hybridized carbons (Fsp3) is 0.182. The molecule has 0 saturated heterocycles. The third kappa shape index (κ3) is 4.13. The Hall–Kier alpha value is -0.700. The third-order valence-electron chi connectivity index (χ3n) is 2.16. The van der Waals surface area contributed by atoms with E-state index in [1.807, 2.05) is 0 Å². The minimum absolute atomic E-state index is 0.00461. The van der Waals surface area contributed by atoms with Crippen molar-refractivity contribution < 1.29 is 18.3 Å². The first-order valence-electron chi connectivity index (χ1n) is 5.07. The molecule has 104 valence electrons. The summed E-state index contributed by atoms with van der Waals surface area (Å²) in [5.41, 5.74) is 0. The number of aliphatic carboxylic acids is 1. The summed E-state index contributed by atoms with van der Waals surface area (Å²) in [6.45, 7) is 2.74. The lowest BCUT2D eigenvalue weighted by Crippen LogP contribution is -2.36. The molecule has 8 heteroatoms. The molecule has 1 N–H and O–H groups in total. The number of halogens is 2. The second-order valence-electron chi connectivity index (χ2n) is 3.55. The molecule has 0 atom stereocenters. The quantitative estimate of drug-likeness (QED) is 0.728. The molecule has 0 amide bonds. The largest absolute Gasteiger partial charge is 0.480 e. The molecule has 5 nitrogen and oxygen atoms in total. The number of carboxylic acid groups (broad SMARTS) is 1. The fourth-order valence-electron chi connectivity index (χ4n) is 1.36. The van der Waals surface area contributed by atoms with Gasteiger partial charge in [0, 0.05) is 15.5 Å². The van der Waals surface area contributed by atoms with Crippen LogP contribution in [0.1, 0.15) is 0 Å². The van der Waals surface area contributed by atoms with Gasteiger partial charge in [0.2, 0.25) is 10.0 Å². The van der Waals surface area contributed by atoms with Gasteiger partial charge in [0.15, 0.2) is 0 Å². The van der Waals surface area contributed by atoms with Gasteiger partial charge >= 0.3 is 5.97 Å². The van der Waals surface area contributed by atoms with Crippen molar-refractivity contribution in [3.8, 4) is 0 Å². The Morgan fingerprint density at radius 3 is 2.58 bits per heavy atom. The molecule has 1 aromatic rings. The second kappa shape index (κ2) is 6.65. The van der Waals surface area contributed by atoms with Gasteiger partial charge in [0.05, 0.1) is 4.90 Å². The number of hydrogen-bond donors (Lipinski definition) is 1. The van der Waals surface area contributed by atoms with Crippen molar-refractivity contribution in [3.05, 3.63) is 39.8 Å². The van der Waals surface area contributed by atoms with Gasteiger partial charge in [0.25, 0.3) is 0 Å². The molecule has 0 fully saturated rings. The van der Waals surface area contributed by atoms with Crippen LogP contribution in [-0.2, 0) is 14.8 Å². The van der Waals surface area contributed by atoms with Crippen molar-refractivity contribution in [1.82, 2.24) is 4.31 Å². The van der Waals surface area contributed by atoms with E-state index in [0.29, 0.717) is 8.95 Å². The van der Waals surface area contributed by atoms with Crippen LogP contribution in [0.2, 0.25) is 0 Å². The molecule has 0 unspecified atom stereocenters. The predicted molar refractivity (Wildman–Crippen MR) is 78.4 cm³/mol. The number of carboxylic acids is 1. The van der Waals surface area contributed by atoms with E-state index in [9.17, 15) is 13.2 Å². The molecule has 0 heterocycles. The van der Waals surface area contributed by atoms with Gasteiger partial charge < -0.3 is 5.11 Å². The molecule has 0 bridgehead atoms. The highest BCUT2D eigenvalue weighted by molar-refractivity contribution is 9.11. The molecule has 0 aliphatic rings. The molecule has 1 rings (SSSR count). The van der Waals surface area contributed by atoms with Gasteiger partial charge in [-0.25, -0.2) is 8.42 Å². The summed E-state index contributed by atoms with van der Waals surface area (Å²) in [5, 5.41) is 8.78. The lowest BCUT2D eigenvalue weighted by atomic mass is 10.4. The Kier molecular flexibility index (Phi) is 5.72. The van der Waals surface area contributed by atoms with Crippen LogP contribution >= 0.6 is 31.9 Å². The van der Waals surface area contributed by atoms with Gasteiger partial charge in [-0.2, -0.15) is 4.31 Å². The highest BCUT2D eigenvalue weighted by atomic mass is 79.9. The zero-order valence-corrected chi connectivity index (χ0v) is 13.7. The Morgan fingerprint density at radius 2 is 2.05 bits per heavy atom. The Balaban J connectivity index is 3.29. The van der Waals surface area contributed by atoms with Crippen LogP contribution < -0.4 is 0 Å². The topological polar surface area (TPSA) is 74.7 Å². The van der Waals surface area contributed by atoms with E-state index in [0.717, 1.165) is 4.31 Å². The maximum absolute atomic E-state index is 12.4. The van der Waals surface area contributed by atoms with E-state index < -0.39 is 22.5 Å². The van der Waals surface area contributed by atoms with Gasteiger partial charge in [-0.05, 0) is 34.1 Å². The van der Waals surface area contributed by atoms with Crippen LogP contribution in [0.4, 0.5) is 0 Å². The summed E-state index contributed by atoms with van der Waals surface area (Å²) in [6.07, 6.45) is 1.34. The molecule has 0 saturated carbocycles. The van der Waals surface area contributed by atoms with Crippen molar-refractivity contribution in [3.63, 3.8) is 0 Å². The number of hydrogen-bond acceptors (Lipinski definition) is 3. The molecular weight excluding hydrogens is 402 g/mol. The van der Waals surface area contributed by atoms with Gasteiger partial charge in [-0.15, -0.1) is 6.58 Å². The van der Waals surface area contributed by atoms with Gasteiger partial charge in [-0.1, -0.05) is 22.0 Å². The molecule has 0 aromatic heterocycles. The van der Waals surface area contributed by atoms with E-state index in [2.05, 4.69) is 38.4 Å². The SMILES string of the molecule is C=CCN(CC(=O)O)S(=O)(=O)c1cc(Br)ccc1Br. The molecule has 1 aromatic carbocycles. The van der Waals surface area contributed by atoms with E-state index in [-0.39, 0.29) is 11.4 Å². The molecule has 0 radical (unpaired) electrons. The highest BCUT2D eigenvalue weighted by Crippen LogP contribution is 2.28. The zero-order valence-electron chi connectivity index (χ0n) is 9.71. The maximum Gasteiger partial charge on any atom is 0.318 e. The first kappa shape index (κ1) is 16.4. The third-order valence-corrected chi connectivity index (χ3v) is 5.45. The summed E-state index contributed by atoms with van der Waals surface area (Å²) in [4.78, 5) is 10.8. The van der Waals surface area contributed by atoms with Crippen molar-refractivity contribution in [1.29, 1.82) is 0 Å². The molecule has 0 aliphatic carbocycles. The Labute approximate surface area is 128 Å².